The number of anilines is 1. The van der Waals surface area contributed by atoms with E-state index in [0.717, 1.165) is 11.3 Å². The number of hydrogen-bond donors (Lipinski definition) is 2. The Morgan fingerprint density at radius 2 is 2.40 bits per heavy atom. The fourth-order valence-corrected chi connectivity index (χ4v) is 2.04. The Hall–Kier alpha value is -1.58. The minimum Gasteiger partial charge on any atom is -0.477 e. The Morgan fingerprint density at radius 3 is 2.87 bits per heavy atom. The molecule has 0 saturated carbocycles. The normalized spacial score (nSPS) is 9.67. The number of aromatic carboxylic acids is 1. The second-order valence-corrected chi connectivity index (χ2v) is 3.92. The van der Waals surface area contributed by atoms with Gasteiger partial charge in [0.05, 0.1) is 12.2 Å². The number of carboxylic acid groups (broad SMARTS) is 1. The molecule has 1 aromatic rings. The molecule has 1 aromatic heterocycles. The first-order valence-corrected chi connectivity index (χ1v) is 5.01. The van der Waals surface area contributed by atoms with Gasteiger partial charge in [-0.05, 0) is 6.07 Å². The summed E-state index contributed by atoms with van der Waals surface area (Å²) in [6, 6.07) is 3.28. The standard InChI is InChI=1S/C9H10N2O3S/c1-11(2-3-12)8-6(5-10)4-7(15-8)9(13)14/h4,12H,2-3H2,1H3,(H,13,14). The summed E-state index contributed by atoms with van der Waals surface area (Å²) in [6.07, 6.45) is 0. The molecule has 2 N–H and O–H groups in total. The van der Waals surface area contributed by atoms with Gasteiger partial charge < -0.3 is 15.1 Å². The van der Waals surface area contributed by atoms with Gasteiger partial charge in [0.2, 0.25) is 0 Å². The van der Waals surface area contributed by atoms with Gasteiger partial charge in [-0.25, -0.2) is 4.79 Å². The van der Waals surface area contributed by atoms with E-state index in [0.29, 0.717) is 17.1 Å². The highest BCUT2D eigenvalue weighted by Gasteiger charge is 2.16. The van der Waals surface area contributed by atoms with Crippen LogP contribution in [0.3, 0.4) is 0 Å². The zero-order valence-corrected chi connectivity index (χ0v) is 8.91. The lowest BCUT2D eigenvalue weighted by Crippen LogP contribution is -2.20. The number of likely N-dealkylation sites (N-methyl/N-ethyl adjacent to an activating group) is 1. The van der Waals surface area contributed by atoms with E-state index >= 15 is 0 Å². The summed E-state index contributed by atoms with van der Waals surface area (Å²) in [6.45, 7) is 0.329. The minimum atomic E-state index is -1.04. The third-order valence-corrected chi connectivity index (χ3v) is 3.06. The fraction of sp³-hybridized carbons (Fsp3) is 0.333. The molecule has 0 aliphatic heterocycles. The third-order valence-electron chi connectivity index (χ3n) is 1.83. The largest absolute Gasteiger partial charge is 0.477 e. The maximum Gasteiger partial charge on any atom is 0.345 e. The molecule has 80 valence electrons. The molecule has 6 heteroatoms. The highest BCUT2D eigenvalue weighted by Crippen LogP contribution is 2.30. The average Bonchev–Trinajstić information content (AvgIpc) is 2.61. The molecule has 15 heavy (non-hydrogen) atoms. The second-order valence-electron chi connectivity index (χ2n) is 2.89. The SMILES string of the molecule is CN(CCO)c1sc(C(=O)O)cc1C#N. The Balaban J connectivity index is 3.06. The van der Waals surface area contributed by atoms with Crippen LogP contribution in [-0.2, 0) is 0 Å². The average molecular weight is 226 g/mol. The highest BCUT2D eigenvalue weighted by molar-refractivity contribution is 7.18. The molecule has 5 nitrogen and oxygen atoms in total. The first kappa shape index (κ1) is 11.5. The summed E-state index contributed by atoms with van der Waals surface area (Å²) in [7, 11) is 1.70. The second kappa shape index (κ2) is 4.77. The molecular formula is C9H10N2O3S. The number of thiophene rings is 1. The van der Waals surface area contributed by atoms with Crippen LogP contribution in [0.15, 0.2) is 6.07 Å². The fourth-order valence-electron chi connectivity index (χ4n) is 1.10. The summed E-state index contributed by atoms with van der Waals surface area (Å²) in [5.41, 5.74) is 0.327. The molecule has 1 heterocycles. The quantitative estimate of drug-likeness (QED) is 0.791. The molecule has 0 amide bonds. The molecule has 0 saturated heterocycles. The van der Waals surface area contributed by atoms with Gasteiger partial charge in [-0.3, -0.25) is 0 Å². The van der Waals surface area contributed by atoms with Gasteiger partial charge in [0.15, 0.2) is 0 Å². The molecule has 0 fully saturated rings. The van der Waals surface area contributed by atoms with Gasteiger partial charge in [-0.1, -0.05) is 0 Å². The lowest BCUT2D eigenvalue weighted by atomic mass is 10.3. The monoisotopic (exact) mass is 226 g/mol. The van der Waals surface area contributed by atoms with Crippen LogP contribution >= 0.6 is 11.3 Å². The van der Waals surface area contributed by atoms with Gasteiger partial charge in [-0.2, -0.15) is 5.26 Å². The van der Waals surface area contributed by atoms with Crippen molar-refractivity contribution < 1.29 is 15.0 Å². The van der Waals surface area contributed by atoms with Crippen LogP contribution in [0.2, 0.25) is 0 Å². The minimum absolute atomic E-state index is 0.0400. The van der Waals surface area contributed by atoms with Gasteiger partial charge in [0.1, 0.15) is 15.9 Å². The lowest BCUT2D eigenvalue weighted by molar-refractivity contribution is 0.0702. The molecule has 1 rings (SSSR count). The Kier molecular flexibility index (Phi) is 3.66. The summed E-state index contributed by atoms with van der Waals surface area (Å²) in [4.78, 5) is 12.5. The van der Waals surface area contributed by atoms with E-state index in [1.54, 1.807) is 11.9 Å². The van der Waals surface area contributed by atoms with Gasteiger partial charge in [0, 0.05) is 13.6 Å². The van der Waals surface area contributed by atoms with Gasteiger partial charge in [0.25, 0.3) is 0 Å². The smallest absolute Gasteiger partial charge is 0.345 e. The molecule has 0 spiro atoms. The number of aliphatic hydroxyl groups excluding tert-OH is 1. The summed E-state index contributed by atoms with van der Waals surface area (Å²) in [5.74, 6) is -1.04. The van der Waals surface area contributed by atoms with E-state index in [2.05, 4.69) is 0 Å². The van der Waals surface area contributed by atoms with E-state index in [-0.39, 0.29) is 11.5 Å². The van der Waals surface area contributed by atoms with Crippen LogP contribution in [0, 0.1) is 11.3 Å². The number of rotatable bonds is 4. The highest BCUT2D eigenvalue weighted by atomic mass is 32.1. The number of carboxylic acids is 1. The van der Waals surface area contributed by atoms with Crippen LogP contribution in [-0.4, -0.2) is 36.4 Å². The molecule has 0 aromatic carbocycles. The number of nitrogens with zero attached hydrogens (tertiary/aromatic N) is 2. The van der Waals surface area contributed by atoms with E-state index in [1.165, 1.54) is 6.07 Å². The van der Waals surface area contributed by atoms with Crippen molar-refractivity contribution in [2.45, 2.75) is 0 Å². The lowest BCUT2D eigenvalue weighted by Gasteiger charge is -2.15. The zero-order chi connectivity index (χ0) is 11.4. The maximum atomic E-state index is 10.7. The molecule has 0 radical (unpaired) electrons. The van der Waals surface area contributed by atoms with Crippen molar-refractivity contribution in [3.63, 3.8) is 0 Å². The van der Waals surface area contributed by atoms with Crippen molar-refractivity contribution in [2.75, 3.05) is 25.1 Å². The van der Waals surface area contributed by atoms with E-state index in [1.807, 2.05) is 6.07 Å². The van der Waals surface area contributed by atoms with E-state index in [9.17, 15) is 4.79 Å². The Labute approximate surface area is 90.8 Å². The van der Waals surface area contributed by atoms with Crippen LogP contribution in [0.5, 0.6) is 0 Å². The van der Waals surface area contributed by atoms with Crippen molar-refractivity contribution >= 4 is 22.3 Å². The number of aliphatic hydroxyl groups is 1. The van der Waals surface area contributed by atoms with Gasteiger partial charge in [-0.15, -0.1) is 11.3 Å². The number of nitriles is 1. The maximum absolute atomic E-state index is 10.7. The Bertz CT molecular complexity index is 408. The first-order valence-electron chi connectivity index (χ1n) is 4.19. The molecule has 0 atom stereocenters. The van der Waals surface area contributed by atoms with Crippen molar-refractivity contribution in [3.8, 4) is 6.07 Å². The molecular weight excluding hydrogens is 216 g/mol. The van der Waals surface area contributed by atoms with Crippen molar-refractivity contribution in [3.05, 3.63) is 16.5 Å². The van der Waals surface area contributed by atoms with E-state index < -0.39 is 5.97 Å². The van der Waals surface area contributed by atoms with Crippen LogP contribution in [0.4, 0.5) is 5.00 Å². The number of carbonyl (C=O) groups is 1. The van der Waals surface area contributed by atoms with Crippen molar-refractivity contribution in [1.29, 1.82) is 5.26 Å². The topological polar surface area (TPSA) is 84.6 Å². The summed E-state index contributed by atoms with van der Waals surface area (Å²) < 4.78 is 0. The van der Waals surface area contributed by atoms with Crippen LogP contribution in [0.25, 0.3) is 0 Å². The van der Waals surface area contributed by atoms with E-state index in [4.69, 9.17) is 15.5 Å². The predicted octanol–water partition coefficient (Wildman–Crippen LogP) is 0.746. The van der Waals surface area contributed by atoms with Crippen molar-refractivity contribution in [2.24, 2.45) is 0 Å². The van der Waals surface area contributed by atoms with Crippen LogP contribution < -0.4 is 4.90 Å². The molecule has 0 unspecified atom stereocenters. The summed E-state index contributed by atoms with van der Waals surface area (Å²) >= 11 is 1.03. The third kappa shape index (κ3) is 2.46. The predicted molar refractivity (Wildman–Crippen MR) is 56.3 cm³/mol. The first-order chi connectivity index (χ1) is 7.10. The van der Waals surface area contributed by atoms with Crippen molar-refractivity contribution in [1.82, 2.24) is 0 Å². The number of hydrogen-bond acceptors (Lipinski definition) is 5. The zero-order valence-electron chi connectivity index (χ0n) is 8.10. The molecule has 0 bridgehead atoms. The molecule has 0 aliphatic carbocycles. The van der Waals surface area contributed by atoms with Crippen LogP contribution in [0.1, 0.15) is 15.2 Å². The molecule has 0 aliphatic rings. The summed E-state index contributed by atoms with van der Waals surface area (Å²) in [5, 5.41) is 26.9. The van der Waals surface area contributed by atoms with Gasteiger partial charge >= 0.3 is 5.97 Å². The Morgan fingerprint density at radius 1 is 1.73 bits per heavy atom.